The van der Waals surface area contributed by atoms with Crippen LogP contribution in [-0.4, -0.2) is 23.2 Å². The van der Waals surface area contributed by atoms with Gasteiger partial charge in [-0.05, 0) is 24.6 Å². The van der Waals surface area contributed by atoms with Crippen molar-refractivity contribution < 1.29 is 8.81 Å². The van der Waals surface area contributed by atoms with E-state index in [1.165, 1.54) is 11.0 Å². The summed E-state index contributed by atoms with van der Waals surface area (Å²) in [6.07, 6.45) is 3.66. The predicted octanol–water partition coefficient (Wildman–Crippen LogP) is 4.46. The van der Waals surface area contributed by atoms with E-state index in [1.54, 1.807) is 24.1 Å². The average molecular weight is 302 g/mol. The maximum atomic E-state index is 14.0. The van der Waals surface area contributed by atoms with E-state index in [4.69, 9.17) is 4.42 Å². The van der Waals surface area contributed by atoms with E-state index < -0.39 is 0 Å². The first-order valence-corrected chi connectivity index (χ1v) is 7.99. The minimum absolute atomic E-state index is 0.225. The number of aliphatic imine (C=N–C) groups is 1. The Morgan fingerprint density at radius 1 is 1.43 bits per heavy atom. The van der Waals surface area contributed by atoms with Crippen molar-refractivity contribution in [2.45, 2.75) is 19.8 Å². The van der Waals surface area contributed by atoms with E-state index >= 15 is 0 Å². The first-order chi connectivity index (χ1) is 10.3. The highest BCUT2D eigenvalue weighted by Gasteiger charge is 2.33. The molecule has 0 atom stereocenters. The number of halogens is 1. The molecular formula is C16H15FN2OS. The molecule has 4 rings (SSSR count). The van der Waals surface area contributed by atoms with Gasteiger partial charge in [0.1, 0.15) is 11.4 Å². The van der Waals surface area contributed by atoms with Crippen molar-refractivity contribution in [2.75, 3.05) is 13.1 Å². The summed E-state index contributed by atoms with van der Waals surface area (Å²) in [5, 5.41) is 1.85. The summed E-state index contributed by atoms with van der Waals surface area (Å²) >= 11 is 1.72. The number of fused-ring (bicyclic) bond motifs is 2. The summed E-state index contributed by atoms with van der Waals surface area (Å²) in [6.45, 7) is 3.83. The summed E-state index contributed by atoms with van der Waals surface area (Å²) in [5.41, 5.74) is 2.68. The van der Waals surface area contributed by atoms with Gasteiger partial charge in [0.05, 0.1) is 18.5 Å². The standard InChI is InChI=1S/C16H15FN2OS/c1-2-3-13-14(19-6-5-18-16(19)21-13)12-9-11(17)8-10-4-7-20-15(10)12/h4,7-9H,2-3,5-6H2,1H3. The van der Waals surface area contributed by atoms with E-state index in [2.05, 4.69) is 16.8 Å². The van der Waals surface area contributed by atoms with Crippen molar-refractivity contribution in [1.82, 2.24) is 4.90 Å². The minimum atomic E-state index is -0.225. The quantitative estimate of drug-likeness (QED) is 0.838. The Labute approximate surface area is 126 Å². The highest BCUT2D eigenvalue weighted by molar-refractivity contribution is 8.17. The lowest BCUT2D eigenvalue weighted by molar-refractivity contribution is 0.600. The number of rotatable bonds is 3. The molecule has 21 heavy (non-hydrogen) atoms. The molecule has 2 aliphatic rings. The fraction of sp³-hybridized carbons (Fsp3) is 0.312. The maximum Gasteiger partial charge on any atom is 0.168 e. The second-order valence-electron chi connectivity index (χ2n) is 5.23. The molecule has 2 aliphatic heterocycles. The Morgan fingerprint density at radius 2 is 2.33 bits per heavy atom. The van der Waals surface area contributed by atoms with Crippen LogP contribution < -0.4 is 0 Å². The summed E-state index contributed by atoms with van der Waals surface area (Å²) < 4.78 is 19.6. The van der Waals surface area contributed by atoms with Crippen LogP contribution in [0, 0.1) is 5.82 Å². The van der Waals surface area contributed by atoms with Crippen LogP contribution in [0.25, 0.3) is 16.7 Å². The zero-order chi connectivity index (χ0) is 14.4. The molecule has 0 aliphatic carbocycles. The molecule has 1 aromatic carbocycles. The molecule has 0 radical (unpaired) electrons. The van der Waals surface area contributed by atoms with Crippen molar-refractivity contribution in [2.24, 2.45) is 4.99 Å². The molecule has 5 heteroatoms. The van der Waals surface area contributed by atoms with Crippen LogP contribution in [0.2, 0.25) is 0 Å². The highest BCUT2D eigenvalue weighted by Crippen LogP contribution is 2.45. The lowest BCUT2D eigenvalue weighted by atomic mass is 10.1. The van der Waals surface area contributed by atoms with Gasteiger partial charge in [0, 0.05) is 22.4 Å². The summed E-state index contributed by atoms with van der Waals surface area (Å²) in [7, 11) is 0. The number of allylic oxidation sites excluding steroid dienone is 1. The van der Waals surface area contributed by atoms with Crippen molar-refractivity contribution in [1.29, 1.82) is 0 Å². The van der Waals surface area contributed by atoms with Gasteiger partial charge in [0.2, 0.25) is 0 Å². The van der Waals surface area contributed by atoms with E-state index in [0.29, 0.717) is 0 Å². The fourth-order valence-electron chi connectivity index (χ4n) is 2.94. The third kappa shape index (κ3) is 1.99. The largest absolute Gasteiger partial charge is 0.464 e. The van der Waals surface area contributed by atoms with E-state index in [9.17, 15) is 4.39 Å². The van der Waals surface area contributed by atoms with Crippen molar-refractivity contribution >= 4 is 33.6 Å². The number of amidine groups is 1. The number of nitrogens with zero attached hydrogens (tertiary/aromatic N) is 2. The molecule has 0 bridgehead atoms. The van der Waals surface area contributed by atoms with Crippen LogP contribution >= 0.6 is 11.8 Å². The lowest BCUT2D eigenvalue weighted by Crippen LogP contribution is -2.20. The maximum absolute atomic E-state index is 14.0. The number of benzene rings is 1. The predicted molar refractivity (Wildman–Crippen MR) is 84.6 cm³/mol. The van der Waals surface area contributed by atoms with Gasteiger partial charge in [0.25, 0.3) is 0 Å². The Kier molecular flexibility index (Phi) is 3.03. The zero-order valence-electron chi connectivity index (χ0n) is 11.7. The Balaban J connectivity index is 1.94. The second-order valence-corrected chi connectivity index (χ2v) is 6.29. The molecule has 0 N–H and O–H groups in total. The summed E-state index contributed by atoms with van der Waals surface area (Å²) in [4.78, 5) is 8.00. The molecular weight excluding hydrogens is 287 g/mol. The van der Waals surface area contributed by atoms with Gasteiger partial charge < -0.3 is 9.32 Å². The topological polar surface area (TPSA) is 28.7 Å². The van der Waals surface area contributed by atoms with Crippen LogP contribution in [0.4, 0.5) is 4.39 Å². The van der Waals surface area contributed by atoms with E-state index in [-0.39, 0.29) is 5.82 Å². The molecule has 0 amide bonds. The third-order valence-corrected chi connectivity index (χ3v) is 4.97. The normalized spacial score (nSPS) is 17.8. The number of hydrogen-bond donors (Lipinski definition) is 0. The Hall–Kier alpha value is -1.75. The third-order valence-electron chi connectivity index (χ3n) is 3.80. The highest BCUT2D eigenvalue weighted by atomic mass is 32.2. The minimum Gasteiger partial charge on any atom is -0.464 e. The summed E-state index contributed by atoms with van der Waals surface area (Å²) in [6, 6.07) is 4.91. The van der Waals surface area contributed by atoms with Gasteiger partial charge in [-0.25, -0.2) is 4.39 Å². The van der Waals surface area contributed by atoms with Crippen molar-refractivity contribution in [3.8, 4) is 0 Å². The molecule has 3 nitrogen and oxygen atoms in total. The molecule has 2 aromatic rings. The summed E-state index contributed by atoms with van der Waals surface area (Å²) in [5.74, 6) is -0.225. The Bertz CT molecular complexity index is 778. The van der Waals surface area contributed by atoms with Crippen LogP contribution in [-0.2, 0) is 0 Å². The van der Waals surface area contributed by atoms with Crippen LogP contribution in [0.15, 0.2) is 38.8 Å². The molecule has 1 aromatic heterocycles. The molecule has 3 heterocycles. The van der Waals surface area contributed by atoms with Gasteiger partial charge in [-0.15, -0.1) is 0 Å². The van der Waals surface area contributed by atoms with Crippen LogP contribution in [0.5, 0.6) is 0 Å². The van der Waals surface area contributed by atoms with Gasteiger partial charge >= 0.3 is 0 Å². The first-order valence-electron chi connectivity index (χ1n) is 7.18. The molecule has 0 unspecified atom stereocenters. The van der Waals surface area contributed by atoms with Gasteiger partial charge in [-0.3, -0.25) is 4.99 Å². The average Bonchev–Trinajstić information content (AvgIpc) is 3.12. The van der Waals surface area contributed by atoms with Gasteiger partial charge in [0.15, 0.2) is 5.17 Å². The molecule has 108 valence electrons. The van der Waals surface area contributed by atoms with Gasteiger partial charge in [-0.2, -0.15) is 0 Å². The number of thioether (sulfide) groups is 1. The molecule has 0 saturated carbocycles. The number of furan rings is 1. The van der Waals surface area contributed by atoms with E-state index in [1.807, 2.05) is 6.07 Å². The monoisotopic (exact) mass is 302 g/mol. The van der Waals surface area contributed by atoms with Crippen LogP contribution in [0.1, 0.15) is 25.3 Å². The first kappa shape index (κ1) is 13.0. The van der Waals surface area contributed by atoms with E-state index in [0.717, 1.165) is 53.3 Å². The van der Waals surface area contributed by atoms with Crippen molar-refractivity contribution in [3.05, 3.63) is 40.7 Å². The molecule has 0 spiro atoms. The SMILES string of the molecule is CCCC1=C(c2cc(F)cc3ccoc23)N2CCN=C2S1. The molecule has 0 fully saturated rings. The van der Waals surface area contributed by atoms with Crippen molar-refractivity contribution in [3.63, 3.8) is 0 Å². The number of hydrogen-bond acceptors (Lipinski definition) is 4. The fourth-order valence-corrected chi connectivity index (χ4v) is 4.24. The van der Waals surface area contributed by atoms with Gasteiger partial charge in [-0.1, -0.05) is 25.1 Å². The molecule has 0 saturated heterocycles. The second kappa shape index (κ2) is 4.91. The smallest absolute Gasteiger partial charge is 0.168 e. The zero-order valence-corrected chi connectivity index (χ0v) is 12.5. The Morgan fingerprint density at radius 3 is 3.19 bits per heavy atom. The lowest BCUT2D eigenvalue weighted by Gasteiger charge is -2.17. The van der Waals surface area contributed by atoms with Crippen LogP contribution in [0.3, 0.4) is 0 Å².